The van der Waals surface area contributed by atoms with Gasteiger partial charge in [0.05, 0.1) is 11.7 Å². The van der Waals surface area contributed by atoms with Gasteiger partial charge in [-0.2, -0.15) is 15.0 Å². The maximum absolute atomic E-state index is 12.2. The number of hydrogen-bond acceptors (Lipinski definition) is 5. The van der Waals surface area contributed by atoms with Gasteiger partial charge in [0.2, 0.25) is 5.91 Å². The lowest BCUT2D eigenvalue weighted by Gasteiger charge is -2.33. The largest absolute Gasteiger partial charge is 0.363 e. The second-order valence-electron chi connectivity index (χ2n) is 6.48. The molecule has 120 valence electrons. The molecule has 4 rings (SSSR count). The zero-order valence-corrected chi connectivity index (χ0v) is 13.8. The van der Waals surface area contributed by atoms with Crippen LogP contribution in [0.1, 0.15) is 37.2 Å². The molecule has 1 saturated carbocycles. The van der Waals surface area contributed by atoms with Gasteiger partial charge in [-0.15, -0.1) is 0 Å². The molecule has 1 aliphatic carbocycles. The number of carbonyl (C=O) groups is 1. The Labute approximate surface area is 134 Å². The summed E-state index contributed by atoms with van der Waals surface area (Å²) in [6.45, 7) is 4.02. The van der Waals surface area contributed by atoms with Crippen LogP contribution in [0.4, 0.5) is 11.5 Å². The van der Waals surface area contributed by atoms with Crippen molar-refractivity contribution in [3.8, 4) is 11.3 Å². The van der Waals surface area contributed by atoms with E-state index in [4.69, 9.17) is 0 Å². The maximum atomic E-state index is 12.2. The van der Waals surface area contributed by atoms with E-state index in [1.165, 1.54) is 0 Å². The van der Waals surface area contributed by atoms with Gasteiger partial charge in [0.15, 0.2) is 5.82 Å². The van der Waals surface area contributed by atoms with Crippen molar-refractivity contribution in [3.63, 3.8) is 0 Å². The normalized spacial score (nSPS) is 19.3. The van der Waals surface area contributed by atoms with Crippen LogP contribution in [0.3, 0.4) is 0 Å². The van der Waals surface area contributed by atoms with Crippen LogP contribution in [0.5, 0.6) is 0 Å². The number of pyridine rings is 1. The number of fused-ring (bicyclic) bond motifs is 3. The second-order valence-corrected chi connectivity index (χ2v) is 6.48. The van der Waals surface area contributed by atoms with Gasteiger partial charge in [-0.25, -0.2) is 4.98 Å². The molecule has 0 bridgehead atoms. The molecule has 1 fully saturated rings. The van der Waals surface area contributed by atoms with Crippen molar-refractivity contribution < 1.29 is 4.79 Å². The maximum Gasteiger partial charge on any atom is 0.228 e. The van der Waals surface area contributed by atoms with E-state index in [1.807, 2.05) is 27.1 Å². The Morgan fingerprint density at radius 3 is 2.74 bits per heavy atom. The molecular weight excluding hydrogens is 292 g/mol. The number of hydrogen-bond donors (Lipinski definition) is 1. The minimum absolute atomic E-state index is 0.0660. The van der Waals surface area contributed by atoms with E-state index in [9.17, 15) is 4.79 Å². The molecule has 7 heteroatoms. The van der Waals surface area contributed by atoms with Crippen LogP contribution >= 0.6 is 0 Å². The van der Waals surface area contributed by atoms with Crippen molar-refractivity contribution in [2.24, 2.45) is 13.0 Å². The predicted octanol–water partition coefficient (Wildman–Crippen LogP) is 2.04. The van der Waals surface area contributed by atoms with Crippen molar-refractivity contribution in [3.05, 3.63) is 17.5 Å². The second kappa shape index (κ2) is 4.78. The molecule has 1 N–H and O–H groups in total. The number of aromatic nitrogens is 4. The summed E-state index contributed by atoms with van der Waals surface area (Å²) < 4.78 is 0. The molecule has 0 radical (unpaired) electrons. The van der Waals surface area contributed by atoms with Gasteiger partial charge in [0.1, 0.15) is 11.4 Å². The van der Waals surface area contributed by atoms with Gasteiger partial charge >= 0.3 is 0 Å². The Kier molecular flexibility index (Phi) is 2.94. The summed E-state index contributed by atoms with van der Waals surface area (Å²) in [5, 5.41) is 12.0. The highest BCUT2D eigenvalue weighted by Crippen LogP contribution is 2.45. The van der Waals surface area contributed by atoms with Crippen LogP contribution in [0.15, 0.2) is 6.07 Å². The molecule has 1 amide bonds. The highest BCUT2D eigenvalue weighted by molar-refractivity contribution is 5.99. The van der Waals surface area contributed by atoms with Crippen LogP contribution in [-0.4, -0.2) is 32.9 Å². The van der Waals surface area contributed by atoms with Crippen molar-refractivity contribution in [1.82, 2.24) is 20.0 Å². The summed E-state index contributed by atoms with van der Waals surface area (Å²) in [5.74, 6) is 0.838. The van der Waals surface area contributed by atoms with Gasteiger partial charge < -0.3 is 10.2 Å². The minimum Gasteiger partial charge on any atom is -0.363 e. The van der Waals surface area contributed by atoms with Crippen molar-refractivity contribution >= 4 is 17.4 Å². The molecule has 0 saturated heterocycles. The highest BCUT2D eigenvalue weighted by Gasteiger charge is 2.35. The Balaban J connectivity index is 1.88. The fraction of sp³-hybridized carbons (Fsp3) is 0.500. The standard InChI is InChI=1S/C16H20N6O/c1-8-7-11-13-12(19-22(4)20-13)9(2)21(3)14(11)15(17-8)18-16(23)10-5-6-10/h7,9-10H,5-6H2,1-4H3,(H,17,18,23). The lowest BCUT2D eigenvalue weighted by molar-refractivity contribution is -0.117. The van der Waals surface area contributed by atoms with E-state index in [2.05, 4.69) is 32.3 Å². The van der Waals surface area contributed by atoms with Crippen molar-refractivity contribution in [2.45, 2.75) is 32.7 Å². The van der Waals surface area contributed by atoms with E-state index >= 15 is 0 Å². The fourth-order valence-electron chi connectivity index (χ4n) is 3.13. The van der Waals surface area contributed by atoms with Crippen LogP contribution in [0.2, 0.25) is 0 Å². The van der Waals surface area contributed by atoms with Gasteiger partial charge in [-0.3, -0.25) is 4.79 Å². The van der Waals surface area contributed by atoms with Gasteiger partial charge in [0, 0.05) is 31.3 Å². The highest BCUT2D eigenvalue weighted by atomic mass is 16.2. The van der Waals surface area contributed by atoms with E-state index < -0.39 is 0 Å². The number of aryl methyl sites for hydroxylation is 2. The van der Waals surface area contributed by atoms with Crippen molar-refractivity contribution in [1.29, 1.82) is 0 Å². The first-order valence-corrected chi connectivity index (χ1v) is 7.92. The van der Waals surface area contributed by atoms with Crippen LogP contribution in [-0.2, 0) is 11.8 Å². The first-order valence-electron chi connectivity index (χ1n) is 7.92. The predicted molar refractivity (Wildman–Crippen MR) is 87.1 cm³/mol. The van der Waals surface area contributed by atoms with Gasteiger partial charge in [0.25, 0.3) is 0 Å². The Bertz CT molecular complexity index is 807. The van der Waals surface area contributed by atoms with Crippen LogP contribution in [0.25, 0.3) is 11.3 Å². The summed E-state index contributed by atoms with van der Waals surface area (Å²) in [6.07, 6.45) is 1.95. The third-order valence-corrected chi connectivity index (χ3v) is 4.63. The van der Waals surface area contributed by atoms with Crippen LogP contribution in [0, 0.1) is 12.8 Å². The number of nitrogens with zero attached hydrogens (tertiary/aromatic N) is 5. The Morgan fingerprint density at radius 1 is 1.30 bits per heavy atom. The number of carbonyl (C=O) groups excluding carboxylic acids is 1. The molecule has 2 aliphatic rings. The first kappa shape index (κ1) is 14.2. The lowest BCUT2D eigenvalue weighted by Crippen LogP contribution is -2.29. The number of amides is 1. The fourth-order valence-corrected chi connectivity index (χ4v) is 3.13. The molecular formula is C16H20N6O. The molecule has 1 atom stereocenters. The SMILES string of the molecule is Cc1cc2c(c(NC(=O)C3CC3)n1)N(C)C(C)c1nn(C)nc1-2. The average Bonchev–Trinajstić information content (AvgIpc) is 3.26. The van der Waals surface area contributed by atoms with Gasteiger partial charge in [-0.05, 0) is 32.8 Å². The van der Waals surface area contributed by atoms with Gasteiger partial charge in [-0.1, -0.05) is 0 Å². The summed E-state index contributed by atoms with van der Waals surface area (Å²) in [7, 11) is 3.83. The minimum atomic E-state index is 0.0660. The monoisotopic (exact) mass is 312 g/mol. The molecule has 1 unspecified atom stereocenters. The van der Waals surface area contributed by atoms with E-state index in [0.29, 0.717) is 5.82 Å². The molecule has 2 aromatic heterocycles. The third-order valence-electron chi connectivity index (χ3n) is 4.63. The average molecular weight is 312 g/mol. The number of rotatable bonds is 2. The first-order chi connectivity index (χ1) is 11.0. The number of nitrogens with one attached hydrogen (secondary N) is 1. The molecule has 23 heavy (non-hydrogen) atoms. The third kappa shape index (κ3) is 2.18. The summed E-state index contributed by atoms with van der Waals surface area (Å²) >= 11 is 0. The Morgan fingerprint density at radius 2 is 2.04 bits per heavy atom. The zero-order chi connectivity index (χ0) is 16.3. The summed E-state index contributed by atoms with van der Waals surface area (Å²) in [5.41, 5.74) is 4.58. The lowest BCUT2D eigenvalue weighted by atomic mass is 9.98. The van der Waals surface area contributed by atoms with Crippen molar-refractivity contribution in [2.75, 3.05) is 17.3 Å². The summed E-state index contributed by atoms with van der Waals surface area (Å²) in [6, 6.07) is 2.09. The molecule has 1 aliphatic heterocycles. The molecule has 7 nitrogen and oxygen atoms in total. The topological polar surface area (TPSA) is 75.9 Å². The number of anilines is 2. The molecule has 2 aromatic rings. The smallest absolute Gasteiger partial charge is 0.228 e. The summed E-state index contributed by atoms with van der Waals surface area (Å²) in [4.78, 5) is 20.5. The van der Waals surface area contributed by atoms with E-state index in [1.54, 1.807) is 4.80 Å². The molecule has 3 heterocycles. The molecule has 0 aromatic carbocycles. The van der Waals surface area contributed by atoms with E-state index in [0.717, 1.165) is 41.2 Å². The molecule has 0 spiro atoms. The Hall–Kier alpha value is -2.44. The van der Waals surface area contributed by atoms with Crippen LogP contribution < -0.4 is 10.2 Å². The zero-order valence-electron chi connectivity index (χ0n) is 13.8. The quantitative estimate of drug-likeness (QED) is 0.918. The van der Waals surface area contributed by atoms with E-state index in [-0.39, 0.29) is 17.9 Å².